The molecule has 1 aromatic rings. The molecule has 0 saturated heterocycles. The second-order valence-electron chi connectivity index (χ2n) is 4.07. The lowest BCUT2D eigenvalue weighted by Gasteiger charge is -2.14. The number of rotatable bonds is 6. The number of sulfonamides is 1. The number of hydrogen-bond donors (Lipinski definition) is 2. The van der Waals surface area contributed by atoms with Crippen LogP contribution in [-0.4, -0.2) is 50.4 Å². The standard InChI is InChI=1S/C11H16N2O5S2/c1-4-13(3)10(14)6-12-20(17,18)9-5-8(11(15)16)19-7(9)2/h5,12H,4,6H2,1-3H3,(H,15,16). The minimum absolute atomic E-state index is 0.0557. The van der Waals surface area contributed by atoms with E-state index in [2.05, 4.69) is 4.72 Å². The summed E-state index contributed by atoms with van der Waals surface area (Å²) in [5, 5.41) is 8.85. The summed E-state index contributed by atoms with van der Waals surface area (Å²) in [4.78, 5) is 24.0. The molecule has 0 aromatic carbocycles. The summed E-state index contributed by atoms with van der Waals surface area (Å²) >= 11 is 0.880. The van der Waals surface area contributed by atoms with E-state index in [0.29, 0.717) is 11.4 Å². The average Bonchev–Trinajstić information content (AvgIpc) is 2.78. The molecule has 1 rings (SSSR count). The van der Waals surface area contributed by atoms with Crippen LogP contribution < -0.4 is 4.72 Å². The molecule has 0 fully saturated rings. The Morgan fingerprint density at radius 2 is 2.05 bits per heavy atom. The van der Waals surface area contributed by atoms with Crippen molar-refractivity contribution in [3.05, 3.63) is 15.8 Å². The van der Waals surface area contributed by atoms with Gasteiger partial charge in [0.25, 0.3) is 0 Å². The summed E-state index contributed by atoms with van der Waals surface area (Å²) in [6.45, 7) is 3.41. The molecular formula is C11H16N2O5S2. The van der Waals surface area contributed by atoms with Crippen LogP contribution in [0.15, 0.2) is 11.0 Å². The maximum atomic E-state index is 12.0. The molecular weight excluding hydrogens is 304 g/mol. The van der Waals surface area contributed by atoms with Crippen molar-refractivity contribution in [2.75, 3.05) is 20.1 Å². The fourth-order valence-electron chi connectivity index (χ4n) is 1.38. The van der Waals surface area contributed by atoms with Crippen LogP contribution in [0.2, 0.25) is 0 Å². The number of carboxylic acids is 1. The van der Waals surface area contributed by atoms with Gasteiger partial charge in [-0.25, -0.2) is 17.9 Å². The highest BCUT2D eigenvalue weighted by Crippen LogP contribution is 2.25. The molecule has 0 bridgehead atoms. The Morgan fingerprint density at radius 1 is 1.45 bits per heavy atom. The first-order chi connectivity index (χ1) is 9.19. The molecule has 20 heavy (non-hydrogen) atoms. The molecule has 2 N–H and O–H groups in total. The lowest BCUT2D eigenvalue weighted by atomic mass is 10.4. The summed E-state index contributed by atoms with van der Waals surface area (Å²) in [6.07, 6.45) is 0. The Morgan fingerprint density at radius 3 is 2.50 bits per heavy atom. The fraction of sp³-hybridized carbons (Fsp3) is 0.455. The van der Waals surface area contributed by atoms with E-state index >= 15 is 0 Å². The van der Waals surface area contributed by atoms with Crippen molar-refractivity contribution in [2.45, 2.75) is 18.7 Å². The van der Waals surface area contributed by atoms with Crippen LogP contribution in [-0.2, 0) is 14.8 Å². The number of carbonyl (C=O) groups is 2. The van der Waals surface area contributed by atoms with Gasteiger partial charge in [-0.1, -0.05) is 0 Å². The fourth-order valence-corrected chi connectivity index (χ4v) is 3.79. The molecule has 0 aliphatic rings. The van der Waals surface area contributed by atoms with Crippen LogP contribution in [0.1, 0.15) is 21.5 Å². The zero-order valence-corrected chi connectivity index (χ0v) is 13.0. The molecule has 0 spiro atoms. The predicted molar refractivity (Wildman–Crippen MR) is 74.5 cm³/mol. The smallest absolute Gasteiger partial charge is 0.345 e. The second-order valence-corrected chi connectivity index (χ2v) is 7.06. The second kappa shape index (κ2) is 6.33. The summed E-state index contributed by atoms with van der Waals surface area (Å²) in [5.41, 5.74) is 0. The number of carboxylic acid groups (broad SMARTS) is 1. The van der Waals surface area contributed by atoms with Gasteiger partial charge in [0.05, 0.1) is 11.4 Å². The highest BCUT2D eigenvalue weighted by Gasteiger charge is 2.23. The van der Waals surface area contributed by atoms with Crippen molar-refractivity contribution in [1.82, 2.24) is 9.62 Å². The van der Waals surface area contributed by atoms with Crippen LogP contribution in [0, 0.1) is 6.92 Å². The summed E-state index contributed by atoms with van der Waals surface area (Å²) < 4.78 is 26.3. The molecule has 9 heteroatoms. The number of aromatic carboxylic acids is 1. The van der Waals surface area contributed by atoms with Gasteiger partial charge in [-0.15, -0.1) is 11.3 Å². The van der Waals surface area contributed by atoms with Crippen molar-refractivity contribution in [1.29, 1.82) is 0 Å². The van der Waals surface area contributed by atoms with Gasteiger partial charge in [-0.2, -0.15) is 0 Å². The SMILES string of the molecule is CCN(C)C(=O)CNS(=O)(=O)c1cc(C(=O)O)sc1C. The van der Waals surface area contributed by atoms with E-state index in [4.69, 9.17) is 5.11 Å². The topological polar surface area (TPSA) is 104 Å². The van der Waals surface area contributed by atoms with Gasteiger partial charge >= 0.3 is 5.97 Å². The Hall–Kier alpha value is -1.45. The van der Waals surface area contributed by atoms with Crippen LogP contribution in [0.5, 0.6) is 0 Å². The molecule has 1 amide bonds. The molecule has 0 aliphatic carbocycles. The van der Waals surface area contributed by atoms with Gasteiger partial charge in [0, 0.05) is 18.5 Å². The third kappa shape index (κ3) is 3.78. The van der Waals surface area contributed by atoms with Crippen LogP contribution in [0.4, 0.5) is 0 Å². The first-order valence-electron chi connectivity index (χ1n) is 5.76. The highest BCUT2D eigenvalue weighted by atomic mass is 32.2. The Labute approximate surface area is 121 Å². The van der Waals surface area contributed by atoms with Gasteiger partial charge in [-0.3, -0.25) is 4.79 Å². The minimum Gasteiger partial charge on any atom is -0.477 e. The number of likely N-dealkylation sites (N-methyl/N-ethyl adjacent to an activating group) is 1. The Balaban J connectivity index is 2.89. The van der Waals surface area contributed by atoms with E-state index < -0.39 is 16.0 Å². The first-order valence-corrected chi connectivity index (χ1v) is 8.06. The number of hydrogen-bond acceptors (Lipinski definition) is 5. The molecule has 112 valence electrons. The molecule has 0 saturated carbocycles. The molecule has 7 nitrogen and oxygen atoms in total. The lowest BCUT2D eigenvalue weighted by Crippen LogP contribution is -2.38. The summed E-state index contributed by atoms with van der Waals surface area (Å²) in [6, 6.07) is 1.10. The molecule has 0 unspecified atom stereocenters. The zero-order chi connectivity index (χ0) is 15.5. The quantitative estimate of drug-likeness (QED) is 0.795. The predicted octanol–water partition coefficient (Wildman–Crippen LogP) is 0.511. The van der Waals surface area contributed by atoms with E-state index in [1.807, 2.05) is 0 Å². The molecule has 0 radical (unpaired) electrons. The first kappa shape index (κ1) is 16.6. The van der Waals surface area contributed by atoms with Crippen molar-refractivity contribution in [2.24, 2.45) is 0 Å². The van der Waals surface area contributed by atoms with E-state index in [9.17, 15) is 18.0 Å². The highest BCUT2D eigenvalue weighted by molar-refractivity contribution is 7.89. The van der Waals surface area contributed by atoms with E-state index in [-0.39, 0.29) is 22.2 Å². The van der Waals surface area contributed by atoms with Gasteiger partial charge < -0.3 is 10.0 Å². The lowest BCUT2D eigenvalue weighted by molar-refractivity contribution is -0.128. The average molecular weight is 320 g/mol. The van der Waals surface area contributed by atoms with E-state index in [0.717, 1.165) is 17.4 Å². The number of carbonyl (C=O) groups excluding carboxylic acids is 1. The summed E-state index contributed by atoms with van der Waals surface area (Å²) in [7, 11) is -2.33. The monoisotopic (exact) mass is 320 g/mol. The maximum Gasteiger partial charge on any atom is 0.345 e. The van der Waals surface area contributed by atoms with E-state index in [1.165, 1.54) is 11.8 Å². The number of nitrogens with zero attached hydrogens (tertiary/aromatic N) is 1. The number of thiophene rings is 1. The Kier molecular flexibility index (Phi) is 5.26. The summed E-state index contributed by atoms with van der Waals surface area (Å²) in [5.74, 6) is -1.54. The minimum atomic E-state index is -3.89. The molecule has 0 atom stereocenters. The molecule has 1 aromatic heterocycles. The largest absolute Gasteiger partial charge is 0.477 e. The van der Waals surface area contributed by atoms with Crippen molar-refractivity contribution < 1.29 is 23.1 Å². The van der Waals surface area contributed by atoms with Gasteiger partial charge in [0.1, 0.15) is 4.88 Å². The van der Waals surface area contributed by atoms with Crippen molar-refractivity contribution in [3.8, 4) is 0 Å². The molecule has 1 heterocycles. The number of amides is 1. The van der Waals surface area contributed by atoms with E-state index in [1.54, 1.807) is 14.0 Å². The van der Waals surface area contributed by atoms with Crippen molar-refractivity contribution in [3.63, 3.8) is 0 Å². The number of aryl methyl sites for hydroxylation is 1. The zero-order valence-electron chi connectivity index (χ0n) is 11.3. The third-order valence-corrected chi connectivity index (χ3v) is 5.38. The number of nitrogens with one attached hydrogen (secondary N) is 1. The van der Waals surface area contributed by atoms with Crippen LogP contribution in [0.25, 0.3) is 0 Å². The maximum absolute atomic E-state index is 12.0. The Bertz CT molecular complexity index is 621. The van der Waals surface area contributed by atoms with Crippen LogP contribution >= 0.6 is 11.3 Å². The normalized spacial score (nSPS) is 11.3. The van der Waals surface area contributed by atoms with Gasteiger partial charge in [0.15, 0.2) is 0 Å². The third-order valence-electron chi connectivity index (χ3n) is 2.69. The van der Waals surface area contributed by atoms with Crippen molar-refractivity contribution >= 4 is 33.2 Å². The van der Waals surface area contributed by atoms with Gasteiger partial charge in [0.2, 0.25) is 15.9 Å². The van der Waals surface area contributed by atoms with Gasteiger partial charge in [-0.05, 0) is 19.9 Å². The molecule has 0 aliphatic heterocycles. The van der Waals surface area contributed by atoms with Crippen LogP contribution in [0.3, 0.4) is 0 Å².